The Labute approximate surface area is 588 Å². The van der Waals surface area contributed by atoms with Gasteiger partial charge in [0, 0.05) is 25.7 Å². The molecule has 0 aromatic carbocycles. The van der Waals surface area contributed by atoms with Gasteiger partial charge in [0.1, 0.15) is 19.3 Å². The van der Waals surface area contributed by atoms with Crippen LogP contribution in [0.1, 0.15) is 389 Å². The molecule has 0 rings (SSSR count). The number of hydrogen-bond acceptors (Lipinski definition) is 15. The Morgan fingerprint density at radius 2 is 0.500 bits per heavy atom. The average Bonchev–Trinajstić information content (AvgIpc) is 1.17. The van der Waals surface area contributed by atoms with E-state index in [0.29, 0.717) is 31.6 Å². The molecular weight excluding hydrogens is 1260 g/mol. The number of carbonyl (C=O) groups is 4. The van der Waals surface area contributed by atoms with Gasteiger partial charge in [0.2, 0.25) is 0 Å². The summed E-state index contributed by atoms with van der Waals surface area (Å²) in [5.41, 5.74) is 0. The first kappa shape index (κ1) is 94.1. The predicted octanol–water partition coefficient (Wildman–Crippen LogP) is 22.4. The van der Waals surface area contributed by atoms with Crippen molar-refractivity contribution in [2.24, 2.45) is 23.7 Å². The van der Waals surface area contributed by atoms with Gasteiger partial charge in [-0.1, -0.05) is 338 Å². The number of phosphoric acid groups is 2. The van der Waals surface area contributed by atoms with Gasteiger partial charge in [-0.25, -0.2) is 9.13 Å². The third-order valence-corrected chi connectivity index (χ3v) is 20.1. The molecule has 0 fully saturated rings. The van der Waals surface area contributed by atoms with Gasteiger partial charge in [-0.15, -0.1) is 0 Å². The maximum atomic E-state index is 13.1. The summed E-state index contributed by atoms with van der Waals surface area (Å²) in [6, 6.07) is 0. The lowest BCUT2D eigenvalue weighted by Crippen LogP contribution is -2.30. The van der Waals surface area contributed by atoms with Gasteiger partial charge in [-0.3, -0.25) is 37.3 Å². The number of aliphatic hydroxyl groups is 1. The van der Waals surface area contributed by atoms with Gasteiger partial charge < -0.3 is 33.8 Å². The van der Waals surface area contributed by atoms with Crippen LogP contribution in [0.2, 0.25) is 0 Å². The zero-order chi connectivity index (χ0) is 71.0. The van der Waals surface area contributed by atoms with Crippen molar-refractivity contribution >= 4 is 39.5 Å². The van der Waals surface area contributed by atoms with Gasteiger partial charge in [0.25, 0.3) is 0 Å². The van der Waals surface area contributed by atoms with Crippen molar-refractivity contribution in [2.45, 2.75) is 408 Å². The van der Waals surface area contributed by atoms with Crippen molar-refractivity contribution in [3.8, 4) is 0 Å². The Morgan fingerprint density at radius 3 is 0.740 bits per heavy atom. The van der Waals surface area contributed by atoms with Crippen LogP contribution in [0.25, 0.3) is 0 Å². The van der Waals surface area contributed by atoms with E-state index >= 15 is 0 Å². The van der Waals surface area contributed by atoms with E-state index in [2.05, 4.69) is 55.4 Å². The van der Waals surface area contributed by atoms with Crippen LogP contribution < -0.4 is 0 Å². The molecule has 0 saturated carbocycles. The molecule has 3 N–H and O–H groups in total. The molecule has 4 unspecified atom stereocenters. The Balaban J connectivity index is 5.22. The van der Waals surface area contributed by atoms with Gasteiger partial charge in [-0.2, -0.15) is 0 Å². The van der Waals surface area contributed by atoms with Gasteiger partial charge in [0.05, 0.1) is 26.4 Å². The molecule has 0 saturated heterocycles. The van der Waals surface area contributed by atoms with Crippen LogP contribution in [-0.2, 0) is 65.4 Å². The SMILES string of the molecule is CCC(C)CCCCCCCCCCC(=O)O[C@H](COC(=O)CCCCCCCCCCCCCCC(C)C)COP(=O)(O)OCC(O)COP(=O)(O)OC[C@@H](COC(=O)CCCCCCCCCC(C)C)OC(=O)CCCCCCCCCCCCCCCCCCC(C)C. The van der Waals surface area contributed by atoms with E-state index in [1.54, 1.807) is 0 Å². The summed E-state index contributed by atoms with van der Waals surface area (Å²) in [7, 11) is -9.91. The van der Waals surface area contributed by atoms with Crippen LogP contribution in [-0.4, -0.2) is 96.7 Å². The molecule has 96 heavy (non-hydrogen) atoms. The topological polar surface area (TPSA) is 237 Å². The van der Waals surface area contributed by atoms with E-state index in [-0.39, 0.29) is 25.7 Å². The minimum Gasteiger partial charge on any atom is -0.462 e. The molecule has 0 radical (unpaired) electrons. The zero-order valence-electron chi connectivity index (χ0n) is 63.0. The van der Waals surface area contributed by atoms with E-state index in [1.807, 2.05) is 0 Å². The number of phosphoric ester groups is 2. The van der Waals surface area contributed by atoms with Crippen molar-refractivity contribution < 1.29 is 80.2 Å². The lowest BCUT2D eigenvalue weighted by molar-refractivity contribution is -0.161. The lowest BCUT2D eigenvalue weighted by Gasteiger charge is -2.21. The number of carbonyl (C=O) groups excluding carboxylic acids is 4. The van der Waals surface area contributed by atoms with E-state index in [1.165, 1.54) is 186 Å². The molecule has 0 aliphatic heterocycles. The van der Waals surface area contributed by atoms with Crippen LogP contribution in [0.15, 0.2) is 0 Å². The third-order valence-electron chi connectivity index (χ3n) is 18.2. The second-order valence-corrected chi connectivity index (χ2v) is 32.3. The van der Waals surface area contributed by atoms with Crippen LogP contribution in [0.3, 0.4) is 0 Å². The van der Waals surface area contributed by atoms with Crippen LogP contribution in [0.5, 0.6) is 0 Å². The van der Waals surface area contributed by atoms with E-state index < -0.39 is 97.5 Å². The molecule has 0 aromatic rings. The van der Waals surface area contributed by atoms with E-state index in [9.17, 15) is 43.2 Å². The molecule has 0 aliphatic rings. The quantitative estimate of drug-likeness (QED) is 0.0222. The van der Waals surface area contributed by atoms with Gasteiger partial charge >= 0.3 is 39.5 Å². The first-order valence-corrected chi connectivity index (χ1v) is 42.7. The Hall–Kier alpha value is -1.94. The molecule has 17 nitrogen and oxygen atoms in total. The van der Waals surface area contributed by atoms with E-state index in [4.69, 9.17) is 37.0 Å². The first-order valence-electron chi connectivity index (χ1n) is 39.7. The molecule has 19 heteroatoms. The zero-order valence-corrected chi connectivity index (χ0v) is 64.8. The fourth-order valence-corrected chi connectivity index (χ4v) is 13.3. The standard InChI is InChI=1S/C77H150O17P2/c1-9-70(8)56-48-40-32-26-27-35-44-52-60-77(82)94-72(63-87-74(79)57-49-41-33-24-20-17-16-19-23-30-38-46-54-68(4)5)65-91-95(83,84)89-61-71(78)62-90-96(85,86)92-66-73(64-88-75(80)58-50-42-36-28-31-39-47-55-69(6)7)93-76(81)59-51-43-34-25-21-15-13-11-10-12-14-18-22-29-37-45-53-67(2)3/h67-73,78H,9-66H2,1-8H3,(H,83,84)(H,85,86)/t70?,71?,72-,73-/m1/s1. The fraction of sp³-hybridized carbons (Fsp3) is 0.948. The first-order chi connectivity index (χ1) is 46.1. The monoisotopic (exact) mass is 1410 g/mol. The fourth-order valence-electron chi connectivity index (χ4n) is 11.7. The molecule has 0 heterocycles. The van der Waals surface area contributed by atoms with Crippen LogP contribution >= 0.6 is 15.6 Å². The molecular formula is C77H150O17P2. The molecule has 6 atom stereocenters. The third kappa shape index (κ3) is 69.2. The summed E-state index contributed by atoms with van der Waals surface area (Å²) in [6.07, 6.45) is 51.4. The second-order valence-electron chi connectivity index (χ2n) is 29.4. The molecule has 570 valence electrons. The normalized spacial score (nSPS) is 14.4. The highest BCUT2D eigenvalue weighted by molar-refractivity contribution is 7.47. The summed E-state index contributed by atoms with van der Waals surface area (Å²) in [5.74, 6) is 0.944. The highest BCUT2D eigenvalue weighted by atomic mass is 31.2. The van der Waals surface area contributed by atoms with Crippen molar-refractivity contribution in [1.82, 2.24) is 0 Å². The summed E-state index contributed by atoms with van der Waals surface area (Å²) < 4.78 is 68.5. The molecule has 0 spiro atoms. The summed E-state index contributed by atoms with van der Waals surface area (Å²) in [5, 5.41) is 10.6. The number of esters is 4. The number of ether oxygens (including phenoxy) is 4. The predicted molar refractivity (Wildman–Crippen MR) is 391 cm³/mol. The van der Waals surface area contributed by atoms with Crippen LogP contribution in [0, 0.1) is 23.7 Å². The van der Waals surface area contributed by atoms with Crippen LogP contribution in [0.4, 0.5) is 0 Å². The van der Waals surface area contributed by atoms with Crippen molar-refractivity contribution in [1.29, 1.82) is 0 Å². The maximum absolute atomic E-state index is 13.1. The highest BCUT2D eigenvalue weighted by Gasteiger charge is 2.30. The largest absolute Gasteiger partial charge is 0.472 e. The second kappa shape index (κ2) is 66.3. The Kier molecular flexibility index (Phi) is 65.0. The Bertz CT molecular complexity index is 1890. The molecule has 0 bridgehead atoms. The van der Waals surface area contributed by atoms with Crippen molar-refractivity contribution in [3.05, 3.63) is 0 Å². The average molecular weight is 1410 g/mol. The summed E-state index contributed by atoms with van der Waals surface area (Å²) >= 11 is 0. The van der Waals surface area contributed by atoms with Gasteiger partial charge in [0.15, 0.2) is 12.2 Å². The molecule has 0 amide bonds. The number of hydrogen-bond donors (Lipinski definition) is 3. The minimum absolute atomic E-state index is 0.105. The summed E-state index contributed by atoms with van der Waals surface area (Å²) in [4.78, 5) is 72.8. The minimum atomic E-state index is -4.96. The number of aliphatic hydroxyl groups excluding tert-OH is 1. The summed E-state index contributed by atoms with van der Waals surface area (Å²) in [6.45, 7) is 14.2. The highest BCUT2D eigenvalue weighted by Crippen LogP contribution is 2.45. The van der Waals surface area contributed by atoms with Gasteiger partial charge in [-0.05, 0) is 49.4 Å². The Morgan fingerprint density at radius 1 is 0.292 bits per heavy atom. The smallest absolute Gasteiger partial charge is 0.462 e. The number of rotatable bonds is 74. The number of unbranched alkanes of at least 4 members (excludes halogenated alkanes) is 39. The van der Waals surface area contributed by atoms with Crippen molar-refractivity contribution in [2.75, 3.05) is 39.6 Å². The van der Waals surface area contributed by atoms with Crippen molar-refractivity contribution in [3.63, 3.8) is 0 Å². The molecule has 0 aliphatic carbocycles. The van der Waals surface area contributed by atoms with E-state index in [0.717, 1.165) is 114 Å². The maximum Gasteiger partial charge on any atom is 0.472 e. The lowest BCUT2D eigenvalue weighted by atomic mass is 9.99. The molecule has 0 aromatic heterocycles.